The Kier molecular flexibility index (Phi) is 5.87. The molecule has 0 saturated carbocycles. The highest BCUT2D eigenvalue weighted by molar-refractivity contribution is 5.88. The Bertz CT molecular complexity index is 969. The lowest BCUT2D eigenvalue weighted by Crippen LogP contribution is -2.47. The van der Waals surface area contributed by atoms with E-state index in [0.717, 1.165) is 27.8 Å². The maximum atomic E-state index is 12.2. The summed E-state index contributed by atoms with van der Waals surface area (Å²) in [6, 6.07) is 16.1. The first kappa shape index (κ1) is 20.8. The van der Waals surface area contributed by atoms with Crippen molar-refractivity contribution in [2.75, 3.05) is 0 Å². The summed E-state index contributed by atoms with van der Waals surface area (Å²) in [6.07, 6.45) is 2.24. The highest BCUT2D eigenvalue weighted by Gasteiger charge is 2.26. The average molecular weight is 395 g/mol. The van der Waals surface area contributed by atoms with Crippen molar-refractivity contribution >= 4 is 17.0 Å². The van der Waals surface area contributed by atoms with E-state index in [0.29, 0.717) is 13.0 Å². The third-order valence-corrected chi connectivity index (χ3v) is 4.47. The van der Waals surface area contributed by atoms with Crippen molar-refractivity contribution in [3.63, 3.8) is 0 Å². The summed E-state index contributed by atoms with van der Waals surface area (Å²) in [6.45, 7) is 10.1. The summed E-state index contributed by atoms with van der Waals surface area (Å²) in [4.78, 5) is 15.5. The van der Waals surface area contributed by atoms with E-state index >= 15 is 0 Å². The van der Waals surface area contributed by atoms with Gasteiger partial charge in [-0.25, -0.2) is 4.79 Å². The molecule has 0 atom stereocenters. The van der Waals surface area contributed by atoms with E-state index < -0.39 is 17.2 Å². The second kappa shape index (κ2) is 8.19. The lowest BCUT2D eigenvalue weighted by molar-refractivity contribution is 0.0472. The van der Waals surface area contributed by atoms with Crippen molar-refractivity contribution in [3.05, 3.63) is 65.9 Å². The third kappa shape index (κ3) is 5.76. The summed E-state index contributed by atoms with van der Waals surface area (Å²) in [7, 11) is 0. The normalized spacial score (nSPS) is 12.0. The Hall–Kier alpha value is -2.95. The van der Waals surface area contributed by atoms with Crippen molar-refractivity contribution in [1.29, 1.82) is 0 Å². The number of aromatic amines is 1. The van der Waals surface area contributed by atoms with Crippen LogP contribution in [0.25, 0.3) is 10.9 Å². The van der Waals surface area contributed by atoms with Crippen LogP contribution >= 0.6 is 0 Å². The fraction of sp³-hybridized carbons (Fsp3) is 0.375. The Labute approximate surface area is 172 Å². The summed E-state index contributed by atoms with van der Waals surface area (Å²) in [5.41, 5.74) is 2.22. The number of hydrogen-bond donors (Lipinski definition) is 2. The summed E-state index contributed by atoms with van der Waals surface area (Å²) in [5.74, 6) is 0.815. The molecule has 1 heterocycles. The van der Waals surface area contributed by atoms with Crippen molar-refractivity contribution in [1.82, 2.24) is 10.3 Å². The molecule has 3 rings (SSSR count). The van der Waals surface area contributed by atoms with Gasteiger partial charge in [-0.15, -0.1) is 0 Å². The van der Waals surface area contributed by atoms with E-state index in [1.807, 2.05) is 83.3 Å². The van der Waals surface area contributed by atoms with Crippen LogP contribution in [0.2, 0.25) is 0 Å². The van der Waals surface area contributed by atoms with Crippen molar-refractivity contribution in [3.8, 4) is 5.75 Å². The van der Waals surface area contributed by atoms with Crippen LogP contribution in [0.15, 0.2) is 54.7 Å². The second-order valence-corrected chi connectivity index (χ2v) is 8.95. The van der Waals surface area contributed by atoms with Gasteiger partial charge in [0.25, 0.3) is 0 Å². The van der Waals surface area contributed by atoms with Crippen molar-refractivity contribution in [2.24, 2.45) is 0 Å². The molecular formula is C24H30N2O3. The van der Waals surface area contributed by atoms with E-state index in [9.17, 15) is 4.79 Å². The Morgan fingerprint density at radius 1 is 1.00 bits per heavy atom. The van der Waals surface area contributed by atoms with Gasteiger partial charge in [0.1, 0.15) is 18.0 Å². The van der Waals surface area contributed by atoms with Crippen LogP contribution < -0.4 is 10.1 Å². The first-order valence-corrected chi connectivity index (χ1v) is 9.90. The molecule has 0 radical (unpaired) electrons. The van der Waals surface area contributed by atoms with E-state index in [4.69, 9.17) is 9.47 Å². The standard InChI is InChI=1S/C24H30N2O3/c1-23(2,3)29-22(27)26-24(4,5)14-18-15-25-21-19(18)12-9-13-20(21)28-16-17-10-7-6-8-11-17/h6-13,15,25H,14,16H2,1-5H3,(H,26,27). The number of rotatable bonds is 6. The molecule has 2 aromatic carbocycles. The maximum absolute atomic E-state index is 12.2. The molecule has 0 aliphatic carbocycles. The number of hydrogen-bond acceptors (Lipinski definition) is 3. The first-order chi connectivity index (χ1) is 13.6. The molecule has 5 nitrogen and oxygen atoms in total. The van der Waals surface area contributed by atoms with E-state index in [1.165, 1.54) is 0 Å². The highest BCUT2D eigenvalue weighted by atomic mass is 16.6. The predicted octanol–water partition coefficient (Wildman–Crippen LogP) is 5.59. The molecule has 1 aromatic heterocycles. The van der Waals surface area contributed by atoms with Gasteiger partial charge >= 0.3 is 6.09 Å². The minimum Gasteiger partial charge on any atom is -0.487 e. The molecule has 5 heteroatoms. The average Bonchev–Trinajstić information content (AvgIpc) is 3.01. The number of benzene rings is 2. The van der Waals surface area contributed by atoms with Crippen LogP contribution in [0, 0.1) is 0 Å². The molecule has 2 N–H and O–H groups in total. The van der Waals surface area contributed by atoms with Gasteiger partial charge in [0.05, 0.1) is 5.52 Å². The molecule has 1 amide bonds. The maximum Gasteiger partial charge on any atom is 0.408 e. The quantitative estimate of drug-likeness (QED) is 0.573. The molecule has 0 unspecified atom stereocenters. The number of nitrogens with one attached hydrogen (secondary N) is 2. The van der Waals surface area contributed by atoms with Gasteiger partial charge in [-0.3, -0.25) is 0 Å². The van der Waals surface area contributed by atoms with E-state index in [-0.39, 0.29) is 0 Å². The van der Waals surface area contributed by atoms with Gasteiger partial charge < -0.3 is 19.8 Å². The molecule has 154 valence electrons. The lowest BCUT2D eigenvalue weighted by Gasteiger charge is -2.28. The van der Waals surface area contributed by atoms with Gasteiger partial charge in [0.2, 0.25) is 0 Å². The Balaban J connectivity index is 1.73. The second-order valence-electron chi connectivity index (χ2n) is 8.95. The van der Waals surface area contributed by atoms with Crippen LogP contribution in [0.1, 0.15) is 45.7 Å². The number of aromatic nitrogens is 1. The first-order valence-electron chi connectivity index (χ1n) is 9.90. The predicted molar refractivity (Wildman–Crippen MR) is 116 cm³/mol. The zero-order valence-electron chi connectivity index (χ0n) is 17.8. The van der Waals surface area contributed by atoms with Gasteiger partial charge in [-0.2, -0.15) is 0 Å². The third-order valence-electron chi connectivity index (χ3n) is 4.47. The number of alkyl carbamates (subject to hydrolysis) is 1. The van der Waals surface area contributed by atoms with Crippen LogP contribution in [0.3, 0.4) is 0 Å². The van der Waals surface area contributed by atoms with Crippen LogP contribution in [-0.4, -0.2) is 22.2 Å². The Morgan fingerprint density at radius 2 is 1.72 bits per heavy atom. The molecule has 0 fully saturated rings. The zero-order valence-corrected chi connectivity index (χ0v) is 17.8. The SMILES string of the molecule is CC(C)(Cc1c[nH]c2c(OCc3ccccc3)cccc12)NC(=O)OC(C)(C)C. The molecule has 0 spiro atoms. The fourth-order valence-electron chi connectivity index (χ4n) is 3.29. The largest absolute Gasteiger partial charge is 0.487 e. The topological polar surface area (TPSA) is 63.3 Å². The van der Waals surface area contributed by atoms with Crippen LogP contribution in [-0.2, 0) is 17.8 Å². The summed E-state index contributed by atoms with van der Waals surface area (Å²) in [5, 5.41) is 4.06. The molecule has 0 saturated heterocycles. The monoisotopic (exact) mass is 394 g/mol. The number of para-hydroxylation sites is 1. The number of fused-ring (bicyclic) bond motifs is 1. The Morgan fingerprint density at radius 3 is 2.41 bits per heavy atom. The summed E-state index contributed by atoms with van der Waals surface area (Å²) < 4.78 is 11.4. The number of H-pyrrole nitrogens is 1. The van der Waals surface area contributed by atoms with Gasteiger partial charge in [-0.1, -0.05) is 42.5 Å². The van der Waals surface area contributed by atoms with E-state index in [2.05, 4.69) is 16.4 Å². The van der Waals surface area contributed by atoms with Crippen molar-refractivity contribution < 1.29 is 14.3 Å². The number of amides is 1. The summed E-state index contributed by atoms with van der Waals surface area (Å²) >= 11 is 0. The number of carbonyl (C=O) groups excluding carboxylic acids is 1. The fourth-order valence-corrected chi connectivity index (χ4v) is 3.29. The van der Waals surface area contributed by atoms with Crippen LogP contribution in [0.5, 0.6) is 5.75 Å². The minimum atomic E-state index is -0.522. The number of carbonyl (C=O) groups is 1. The molecule has 0 aliphatic heterocycles. The molecule has 0 aliphatic rings. The van der Waals surface area contributed by atoms with Gasteiger partial charge in [0, 0.05) is 17.1 Å². The zero-order chi connectivity index (χ0) is 21.1. The lowest BCUT2D eigenvalue weighted by atomic mass is 9.95. The molecule has 29 heavy (non-hydrogen) atoms. The van der Waals surface area contributed by atoms with Gasteiger partial charge in [0.15, 0.2) is 0 Å². The molecule has 0 bridgehead atoms. The molecule has 3 aromatic rings. The van der Waals surface area contributed by atoms with Gasteiger partial charge in [-0.05, 0) is 58.2 Å². The van der Waals surface area contributed by atoms with Crippen LogP contribution in [0.4, 0.5) is 4.79 Å². The molecular weight excluding hydrogens is 364 g/mol. The van der Waals surface area contributed by atoms with Crippen molar-refractivity contribution in [2.45, 2.75) is 58.8 Å². The highest BCUT2D eigenvalue weighted by Crippen LogP contribution is 2.30. The number of ether oxygens (including phenoxy) is 2. The smallest absolute Gasteiger partial charge is 0.408 e. The minimum absolute atomic E-state index is 0.408. The van der Waals surface area contributed by atoms with E-state index in [1.54, 1.807) is 0 Å².